The van der Waals surface area contributed by atoms with Gasteiger partial charge in [0.1, 0.15) is 0 Å². The fourth-order valence-corrected chi connectivity index (χ4v) is 2.61. The number of aryl methyl sites for hydroxylation is 3. The van der Waals surface area contributed by atoms with Crippen molar-refractivity contribution in [3.8, 4) is 0 Å². The number of benzene rings is 2. The summed E-state index contributed by atoms with van der Waals surface area (Å²) in [7, 11) is 0. The van der Waals surface area contributed by atoms with Gasteiger partial charge >= 0.3 is 0 Å². The number of hydrogen-bond donors (Lipinski definition) is 1. The molecule has 0 saturated heterocycles. The van der Waals surface area contributed by atoms with Crippen LogP contribution in [-0.2, 0) is 6.54 Å². The molecule has 1 N–H and O–H groups in total. The summed E-state index contributed by atoms with van der Waals surface area (Å²) in [6, 6.07) is 13.6. The predicted molar refractivity (Wildman–Crippen MR) is 96.4 cm³/mol. The number of rotatable bonds is 4. The number of nitrogens with zero attached hydrogens (tertiary/aromatic N) is 2. The molecule has 0 aliphatic rings. The van der Waals surface area contributed by atoms with Crippen molar-refractivity contribution in [2.45, 2.75) is 27.3 Å². The molecule has 4 nitrogen and oxygen atoms in total. The molecule has 0 aliphatic heterocycles. The lowest BCUT2D eigenvalue weighted by Crippen LogP contribution is -2.12. The van der Waals surface area contributed by atoms with Crippen molar-refractivity contribution in [1.29, 1.82) is 0 Å². The van der Waals surface area contributed by atoms with Gasteiger partial charge in [-0.2, -0.15) is 0 Å². The molecule has 0 atom stereocenters. The molecule has 0 radical (unpaired) electrons. The highest BCUT2D eigenvalue weighted by Crippen LogP contribution is 2.15. The summed E-state index contributed by atoms with van der Waals surface area (Å²) < 4.78 is 2.05. The maximum atomic E-state index is 12.4. The van der Waals surface area contributed by atoms with Crippen LogP contribution in [0.3, 0.4) is 0 Å². The van der Waals surface area contributed by atoms with Gasteiger partial charge in [0.05, 0.1) is 12.0 Å². The molecule has 0 unspecified atom stereocenters. The van der Waals surface area contributed by atoms with E-state index >= 15 is 0 Å². The van der Waals surface area contributed by atoms with Crippen LogP contribution < -0.4 is 5.32 Å². The summed E-state index contributed by atoms with van der Waals surface area (Å²) in [6.45, 7) is 6.78. The highest BCUT2D eigenvalue weighted by molar-refractivity contribution is 6.04. The van der Waals surface area contributed by atoms with Gasteiger partial charge in [-0.05, 0) is 56.2 Å². The fraction of sp³-hybridized carbons (Fsp3) is 0.200. The zero-order valence-electron chi connectivity index (χ0n) is 14.2. The van der Waals surface area contributed by atoms with Gasteiger partial charge < -0.3 is 9.88 Å². The minimum Gasteiger partial charge on any atom is -0.333 e. The van der Waals surface area contributed by atoms with Crippen molar-refractivity contribution in [2.24, 2.45) is 0 Å². The molecule has 3 rings (SSSR count). The number of imidazole rings is 1. The lowest BCUT2D eigenvalue weighted by Gasteiger charge is -2.10. The maximum Gasteiger partial charge on any atom is 0.255 e. The average molecular weight is 319 g/mol. The van der Waals surface area contributed by atoms with Crippen molar-refractivity contribution in [1.82, 2.24) is 9.55 Å². The van der Waals surface area contributed by atoms with E-state index in [2.05, 4.69) is 10.3 Å². The summed E-state index contributed by atoms with van der Waals surface area (Å²) in [6.07, 6.45) is 3.84. The number of carbonyl (C=O) groups excluding carboxylic acids is 1. The molecule has 1 aromatic heterocycles. The third kappa shape index (κ3) is 3.71. The smallest absolute Gasteiger partial charge is 0.255 e. The molecule has 0 saturated carbocycles. The van der Waals surface area contributed by atoms with E-state index in [1.54, 1.807) is 0 Å². The fourth-order valence-electron chi connectivity index (χ4n) is 2.61. The molecule has 3 aromatic rings. The second-order valence-corrected chi connectivity index (χ2v) is 6.15. The summed E-state index contributed by atoms with van der Waals surface area (Å²) in [5.41, 5.74) is 5.92. The minimum absolute atomic E-state index is 0.0908. The molecule has 0 aliphatic carbocycles. The van der Waals surface area contributed by atoms with Crippen molar-refractivity contribution < 1.29 is 4.79 Å². The Morgan fingerprint density at radius 1 is 1.08 bits per heavy atom. The third-order valence-electron chi connectivity index (χ3n) is 4.03. The summed E-state index contributed by atoms with van der Waals surface area (Å²) in [5.74, 6) is -0.0908. The van der Waals surface area contributed by atoms with E-state index in [0.717, 1.165) is 23.5 Å². The summed E-state index contributed by atoms with van der Waals surface area (Å²) in [5, 5.41) is 2.93. The number of nitrogens with one attached hydrogen (secondary N) is 1. The van der Waals surface area contributed by atoms with Crippen LogP contribution in [0.15, 0.2) is 55.0 Å². The quantitative estimate of drug-likeness (QED) is 0.786. The van der Waals surface area contributed by atoms with Crippen molar-refractivity contribution in [3.63, 3.8) is 0 Å². The van der Waals surface area contributed by atoms with Crippen LogP contribution in [0.4, 0.5) is 5.69 Å². The summed E-state index contributed by atoms with van der Waals surface area (Å²) >= 11 is 0. The van der Waals surface area contributed by atoms with Crippen LogP contribution >= 0.6 is 0 Å². The molecule has 24 heavy (non-hydrogen) atoms. The molecular formula is C20H21N3O. The first-order chi connectivity index (χ1) is 11.5. The molecule has 0 spiro atoms. The van der Waals surface area contributed by atoms with Crippen molar-refractivity contribution in [3.05, 3.63) is 82.9 Å². The van der Waals surface area contributed by atoms with E-state index in [0.29, 0.717) is 5.56 Å². The molecule has 122 valence electrons. The van der Waals surface area contributed by atoms with Crippen molar-refractivity contribution in [2.75, 3.05) is 5.32 Å². The molecule has 0 fully saturated rings. The molecular weight excluding hydrogens is 298 g/mol. The van der Waals surface area contributed by atoms with Crippen LogP contribution in [0.1, 0.15) is 32.7 Å². The first-order valence-corrected chi connectivity index (χ1v) is 7.97. The highest BCUT2D eigenvalue weighted by atomic mass is 16.1. The van der Waals surface area contributed by atoms with Crippen molar-refractivity contribution >= 4 is 11.6 Å². The monoisotopic (exact) mass is 319 g/mol. The van der Waals surface area contributed by atoms with Crippen LogP contribution in [-0.4, -0.2) is 15.5 Å². The van der Waals surface area contributed by atoms with E-state index in [-0.39, 0.29) is 5.91 Å². The number of carbonyl (C=O) groups is 1. The Kier molecular flexibility index (Phi) is 4.47. The van der Waals surface area contributed by atoms with Crippen LogP contribution in [0.5, 0.6) is 0 Å². The predicted octanol–water partition coefficient (Wildman–Crippen LogP) is 4.11. The Morgan fingerprint density at radius 3 is 2.46 bits per heavy atom. The van der Waals surface area contributed by atoms with Gasteiger partial charge in [-0.1, -0.05) is 23.8 Å². The Bertz CT molecular complexity index is 863. The van der Waals surface area contributed by atoms with Gasteiger partial charge in [-0.25, -0.2) is 4.98 Å². The Balaban J connectivity index is 1.73. The number of anilines is 1. The van der Waals surface area contributed by atoms with Gasteiger partial charge in [0, 0.05) is 24.0 Å². The number of amides is 1. The van der Waals surface area contributed by atoms with Gasteiger partial charge in [0.25, 0.3) is 5.91 Å². The molecule has 1 heterocycles. The van der Waals surface area contributed by atoms with Gasteiger partial charge in [0.15, 0.2) is 0 Å². The van der Waals surface area contributed by atoms with Gasteiger partial charge in [-0.3, -0.25) is 4.79 Å². The Morgan fingerprint density at radius 2 is 1.83 bits per heavy atom. The maximum absolute atomic E-state index is 12.4. The topological polar surface area (TPSA) is 46.9 Å². The van der Waals surface area contributed by atoms with Gasteiger partial charge in [0.2, 0.25) is 0 Å². The Hall–Kier alpha value is -2.88. The van der Waals surface area contributed by atoms with Crippen LogP contribution in [0, 0.1) is 20.8 Å². The lowest BCUT2D eigenvalue weighted by molar-refractivity contribution is 0.102. The van der Waals surface area contributed by atoms with Crippen LogP contribution in [0.2, 0.25) is 0 Å². The minimum atomic E-state index is -0.0908. The molecule has 0 bridgehead atoms. The lowest BCUT2D eigenvalue weighted by atomic mass is 10.0. The first kappa shape index (κ1) is 16.0. The number of aromatic nitrogens is 2. The third-order valence-corrected chi connectivity index (χ3v) is 4.03. The standard InChI is InChI=1S/C20H21N3O/c1-14-4-8-19(9-5-14)22-20(24)17-6-7-18(15(2)10-17)12-23-11-16(3)21-13-23/h4-11,13H,12H2,1-3H3,(H,22,24). The normalized spacial score (nSPS) is 10.6. The SMILES string of the molecule is Cc1ccc(NC(=O)c2ccc(Cn3cnc(C)c3)c(C)c2)cc1. The van der Waals surface area contributed by atoms with Crippen LogP contribution in [0.25, 0.3) is 0 Å². The first-order valence-electron chi connectivity index (χ1n) is 7.97. The van der Waals surface area contributed by atoms with E-state index in [4.69, 9.17) is 0 Å². The summed E-state index contributed by atoms with van der Waals surface area (Å²) in [4.78, 5) is 16.6. The molecule has 2 aromatic carbocycles. The van der Waals surface area contributed by atoms with E-state index in [1.165, 1.54) is 11.1 Å². The van der Waals surface area contributed by atoms with E-state index < -0.39 is 0 Å². The number of hydrogen-bond acceptors (Lipinski definition) is 2. The Labute approximate surface area is 142 Å². The molecule has 1 amide bonds. The van der Waals surface area contributed by atoms with E-state index in [9.17, 15) is 4.79 Å². The second kappa shape index (κ2) is 6.71. The zero-order chi connectivity index (χ0) is 17.1. The largest absolute Gasteiger partial charge is 0.333 e. The van der Waals surface area contributed by atoms with Gasteiger partial charge in [-0.15, -0.1) is 0 Å². The van der Waals surface area contributed by atoms with E-state index in [1.807, 2.05) is 80.3 Å². The highest BCUT2D eigenvalue weighted by Gasteiger charge is 2.09. The second-order valence-electron chi connectivity index (χ2n) is 6.15. The molecule has 4 heteroatoms. The average Bonchev–Trinajstić information content (AvgIpc) is 2.96. The zero-order valence-corrected chi connectivity index (χ0v) is 14.2.